The molecule has 2 atom stereocenters. The molecule has 152 valence electrons. The number of nitrogens with one attached hydrogen (secondary N) is 1. The lowest BCUT2D eigenvalue weighted by molar-refractivity contribution is 0.331. The van der Waals surface area contributed by atoms with Gasteiger partial charge in [0, 0.05) is 42.8 Å². The highest BCUT2D eigenvalue weighted by molar-refractivity contribution is 7.88. The van der Waals surface area contributed by atoms with Crippen molar-refractivity contribution in [2.24, 2.45) is 5.92 Å². The van der Waals surface area contributed by atoms with Crippen molar-refractivity contribution in [3.05, 3.63) is 23.1 Å². The average Bonchev–Trinajstić information content (AvgIpc) is 3.07. The highest BCUT2D eigenvalue weighted by Gasteiger charge is 2.29. The number of piperidine rings is 1. The fourth-order valence-corrected chi connectivity index (χ4v) is 5.48. The van der Waals surface area contributed by atoms with E-state index in [-0.39, 0.29) is 6.04 Å². The van der Waals surface area contributed by atoms with Gasteiger partial charge in [-0.1, -0.05) is 31.4 Å². The molecule has 1 saturated carbocycles. The molecule has 1 N–H and O–H groups in total. The van der Waals surface area contributed by atoms with E-state index in [4.69, 9.17) is 16.6 Å². The van der Waals surface area contributed by atoms with Crippen LogP contribution in [0.5, 0.6) is 0 Å². The number of sulfonamides is 1. The molecule has 2 fully saturated rings. The highest BCUT2D eigenvalue weighted by Crippen LogP contribution is 2.41. The van der Waals surface area contributed by atoms with Gasteiger partial charge in [0.15, 0.2) is 0 Å². The molecule has 2 aliphatic rings. The molecule has 2 aromatic rings. The number of aromatic nitrogens is 3. The van der Waals surface area contributed by atoms with E-state index in [0.29, 0.717) is 35.9 Å². The van der Waals surface area contributed by atoms with Crippen LogP contribution in [0.4, 0.5) is 5.95 Å². The minimum Gasteiger partial charge on any atom is -0.351 e. The zero-order valence-electron chi connectivity index (χ0n) is 16.2. The smallest absolute Gasteiger partial charge is 0.223 e. The lowest BCUT2D eigenvalue weighted by Crippen LogP contribution is -2.42. The third-order valence-corrected chi connectivity index (χ3v) is 7.68. The van der Waals surface area contributed by atoms with E-state index in [1.165, 1.54) is 23.4 Å². The van der Waals surface area contributed by atoms with Crippen molar-refractivity contribution in [2.75, 3.05) is 24.7 Å². The van der Waals surface area contributed by atoms with Crippen LogP contribution < -0.4 is 5.32 Å². The number of rotatable bonds is 4. The number of nitrogens with zero attached hydrogens (tertiary/aromatic N) is 4. The van der Waals surface area contributed by atoms with E-state index < -0.39 is 10.0 Å². The summed E-state index contributed by atoms with van der Waals surface area (Å²) in [4.78, 5) is 13.9. The van der Waals surface area contributed by atoms with Crippen LogP contribution in [0.15, 0.2) is 12.4 Å². The maximum Gasteiger partial charge on any atom is 0.223 e. The average molecular weight is 424 g/mol. The van der Waals surface area contributed by atoms with Gasteiger partial charge in [-0.3, -0.25) is 4.98 Å². The molecular weight excluding hydrogens is 398 g/mol. The molecule has 0 bridgehead atoms. The van der Waals surface area contributed by atoms with Gasteiger partial charge < -0.3 is 5.32 Å². The summed E-state index contributed by atoms with van der Waals surface area (Å²) >= 11 is 6.35. The van der Waals surface area contributed by atoms with Crippen LogP contribution in [0.3, 0.4) is 0 Å². The van der Waals surface area contributed by atoms with Crippen molar-refractivity contribution in [1.82, 2.24) is 19.3 Å². The minimum absolute atomic E-state index is 0.149. The number of hydrogen-bond donors (Lipinski definition) is 1. The number of fused-ring (bicyclic) bond motifs is 1. The van der Waals surface area contributed by atoms with E-state index >= 15 is 0 Å². The lowest BCUT2D eigenvalue weighted by Gasteiger charge is -2.30. The van der Waals surface area contributed by atoms with Crippen molar-refractivity contribution in [3.63, 3.8) is 0 Å². The molecule has 7 nitrogen and oxygen atoms in total. The second kappa shape index (κ2) is 7.72. The van der Waals surface area contributed by atoms with Crippen molar-refractivity contribution in [3.8, 4) is 0 Å². The summed E-state index contributed by atoms with van der Waals surface area (Å²) in [6.07, 6.45) is 9.75. The Hall–Kier alpha value is -1.51. The van der Waals surface area contributed by atoms with Gasteiger partial charge in [-0.2, -0.15) is 0 Å². The van der Waals surface area contributed by atoms with E-state index in [9.17, 15) is 8.42 Å². The third kappa shape index (κ3) is 3.95. The Morgan fingerprint density at radius 3 is 2.54 bits per heavy atom. The van der Waals surface area contributed by atoms with E-state index in [1.54, 1.807) is 12.4 Å². The zero-order chi connectivity index (χ0) is 19.9. The Balaban J connectivity index is 1.57. The summed E-state index contributed by atoms with van der Waals surface area (Å²) in [7, 11) is -3.12. The Morgan fingerprint density at radius 1 is 1.14 bits per heavy atom. The SMILES string of the molecule is C[C@H]1CCC[C@@H]1c1ncc(Cl)c2cnc(NC3CCN(S(C)(=O)=O)CC3)nc12. The second-order valence-electron chi connectivity index (χ2n) is 8.04. The number of pyridine rings is 1. The van der Waals surface area contributed by atoms with Crippen LogP contribution in [0.25, 0.3) is 10.9 Å². The molecule has 3 heterocycles. The standard InChI is InChI=1S/C19H26ClN5O2S/c1-12-4-3-5-14(12)17-18-15(16(20)11-21-17)10-22-19(24-18)23-13-6-8-25(9-7-13)28(2,26)27/h10-14H,3-9H2,1-2H3,(H,22,23,24)/t12-,14-/m0/s1. The first-order valence-electron chi connectivity index (χ1n) is 9.85. The van der Waals surface area contributed by atoms with Gasteiger partial charge in [-0.15, -0.1) is 0 Å². The van der Waals surface area contributed by atoms with Crippen molar-refractivity contribution in [2.45, 2.75) is 51.0 Å². The molecule has 0 radical (unpaired) electrons. The molecule has 0 aromatic carbocycles. The molecule has 1 saturated heterocycles. The van der Waals surface area contributed by atoms with Crippen LogP contribution in [0.1, 0.15) is 50.6 Å². The quantitative estimate of drug-likeness (QED) is 0.810. The van der Waals surface area contributed by atoms with E-state index in [0.717, 1.165) is 35.9 Å². The number of halogens is 1. The first-order valence-corrected chi connectivity index (χ1v) is 12.1. The van der Waals surface area contributed by atoms with Crippen molar-refractivity contribution < 1.29 is 8.42 Å². The first-order chi connectivity index (χ1) is 13.3. The Morgan fingerprint density at radius 2 is 1.89 bits per heavy atom. The fraction of sp³-hybridized carbons (Fsp3) is 0.632. The summed E-state index contributed by atoms with van der Waals surface area (Å²) in [6, 6.07) is 0.149. The van der Waals surface area contributed by atoms with Gasteiger partial charge >= 0.3 is 0 Å². The molecule has 28 heavy (non-hydrogen) atoms. The predicted molar refractivity (Wildman–Crippen MR) is 111 cm³/mol. The number of anilines is 1. The minimum atomic E-state index is -3.12. The summed E-state index contributed by atoms with van der Waals surface area (Å²) < 4.78 is 24.9. The highest BCUT2D eigenvalue weighted by atomic mass is 35.5. The Labute approximate surface area is 171 Å². The van der Waals surface area contributed by atoms with Gasteiger partial charge in [0.05, 0.1) is 22.5 Å². The summed E-state index contributed by atoms with van der Waals surface area (Å²) in [5.41, 5.74) is 1.85. The van der Waals surface area contributed by atoms with Gasteiger partial charge in [0.2, 0.25) is 16.0 Å². The maximum absolute atomic E-state index is 11.7. The zero-order valence-corrected chi connectivity index (χ0v) is 17.8. The van der Waals surface area contributed by atoms with E-state index in [1.807, 2.05) is 0 Å². The molecule has 2 aromatic heterocycles. The Bertz CT molecular complexity index is 976. The third-order valence-electron chi connectivity index (χ3n) is 6.07. The van der Waals surface area contributed by atoms with Gasteiger partial charge in [0.1, 0.15) is 0 Å². The predicted octanol–water partition coefficient (Wildman–Crippen LogP) is 3.42. The van der Waals surface area contributed by atoms with Crippen molar-refractivity contribution in [1.29, 1.82) is 0 Å². The first kappa shape index (κ1) is 19.8. The van der Waals surface area contributed by atoms with E-state index in [2.05, 4.69) is 22.2 Å². The molecule has 0 amide bonds. The molecule has 0 spiro atoms. The monoisotopic (exact) mass is 423 g/mol. The normalized spacial score (nSPS) is 24.7. The maximum atomic E-state index is 11.7. The topological polar surface area (TPSA) is 88.1 Å². The van der Waals surface area contributed by atoms with Crippen LogP contribution in [-0.2, 0) is 10.0 Å². The largest absolute Gasteiger partial charge is 0.351 e. The summed E-state index contributed by atoms with van der Waals surface area (Å²) in [6.45, 7) is 3.31. The fourth-order valence-electron chi connectivity index (χ4n) is 4.42. The van der Waals surface area contributed by atoms with Crippen LogP contribution in [0.2, 0.25) is 5.02 Å². The lowest BCUT2D eigenvalue weighted by atomic mass is 9.93. The Kier molecular flexibility index (Phi) is 5.46. The molecule has 9 heteroatoms. The van der Waals surface area contributed by atoms with Gasteiger partial charge in [-0.05, 0) is 25.2 Å². The van der Waals surface area contributed by atoms with Crippen molar-refractivity contribution >= 4 is 38.5 Å². The summed E-state index contributed by atoms with van der Waals surface area (Å²) in [5.74, 6) is 1.55. The van der Waals surface area contributed by atoms with Gasteiger partial charge in [0.25, 0.3) is 0 Å². The summed E-state index contributed by atoms with van der Waals surface area (Å²) in [5, 5.41) is 4.78. The number of hydrogen-bond acceptors (Lipinski definition) is 6. The molecular formula is C19H26ClN5O2S. The molecule has 1 aliphatic heterocycles. The molecule has 4 rings (SSSR count). The van der Waals surface area contributed by atoms with Crippen LogP contribution in [-0.4, -0.2) is 53.1 Å². The second-order valence-corrected chi connectivity index (χ2v) is 10.4. The van der Waals surface area contributed by atoms with Crippen LogP contribution in [0, 0.1) is 5.92 Å². The molecule has 1 aliphatic carbocycles. The van der Waals surface area contributed by atoms with Gasteiger partial charge in [-0.25, -0.2) is 22.7 Å². The molecule has 0 unspecified atom stereocenters. The van der Waals surface area contributed by atoms with Crippen LogP contribution >= 0.6 is 11.6 Å².